The SMILES string of the molecule is O=S(=O)(Nc1cnc2c(Cl)cccc2n1)c1ccc2c(c1)CCC2. The van der Waals surface area contributed by atoms with Crippen LogP contribution in [-0.4, -0.2) is 18.4 Å². The number of benzene rings is 2. The van der Waals surface area contributed by atoms with E-state index in [1.807, 2.05) is 6.07 Å². The van der Waals surface area contributed by atoms with E-state index in [-0.39, 0.29) is 10.7 Å². The van der Waals surface area contributed by atoms with Crippen molar-refractivity contribution in [1.29, 1.82) is 0 Å². The molecule has 7 heteroatoms. The number of nitrogens with zero attached hydrogens (tertiary/aromatic N) is 2. The molecule has 4 rings (SSSR count). The summed E-state index contributed by atoms with van der Waals surface area (Å²) in [6.07, 6.45) is 4.38. The third-order valence-corrected chi connectivity index (χ3v) is 5.80. The molecular weight excluding hydrogens is 346 g/mol. The first-order valence-electron chi connectivity index (χ1n) is 7.59. The lowest BCUT2D eigenvalue weighted by Gasteiger charge is -2.09. The highest BCUT2D eigenvalue weighted by molar-refractivity contribution is 7.92. The zero-order chi connectivity index (χ0) is 16.7. The fourth-order valence-corrected chi connectivity index (χ4v) is 4.22. The third kappa shape index (κ3) is 2.72. The Morgan fingerprint density at radius 3 is 2.79 bits per heavy atom. The van der Waals surface area contributed by atoms with Crippen LogP contribution in [0.4, 0.5) is 5.82 Å². The maximum absolute atomic E-state index is 12.6. The van der Waals surface area contributed by atoms with Gasteiger partial charge in [0.05, 0.1) is 21.6 Å². The molecule has 3 aromatic rings. The van der Waals surface area contributed by atoms with Crippen LogP contribution in [0.25, 0.3) is 11.0 Å². The van der Waals surface area contributed by atoms with E-state index in [1.54, 1.807) is 30.3 Å². The minimum Gasteiger partial charge on any atom is -0.262 e. The molecule has 0 radical (unpaired) electrons. The summed E-state index contributed by atoms with van der Waals surface area (Å²) in [5, 5.41) is 0.480. The molecule has 1 aromatic heterocycles. The van der Waals surface area contributed by atoms with E-state index in [9.17, 15) is 8.42 Å². The molecule has 0 fully saturated rings. The number of hydrogen-bond acceptors (Lipinski definition) is 4. The van der Waals surface area contributed by atoms with E-state index in [0.717, 1.165) is 24.8 Å². The summed E-state index contributed by atoms with van der Waals surface area (Å²) in [6.45, 7) is 0. The molecule has 2 aromatic carbocycles. The number of para-hydroxylation sites is 1. The number of aryl methyl sites for hydroxylation is 2. The molecule has 0 spiro atoms. The Morgan fingerprint density at radius 1 is 1.08 bits per heavy atom. The van der Waals surface area contributed by atoms with Crippen molar-refractivity contribution in [2.45, 2.75) is 24.2 Å². The van der Waals surface area contributed by atoms with Gasteiger partial charge in [-0.15, -0.1) is 0 Å². The Labute approximate surface area is 144 Å². The maximum Gasteiger partial charge on any atom is 0.263 e. The van der Waals surface area contributed by atoms with Crippen molar-refractivity contribution in [2.24, 2.45) is 0 Å². The number of halogens is 1. The van der Waals surface area contributed by atoms with Gasteiger partial charge in [0.1, 0.15) is 5.52 Å². The molecule has 1 aliphatic carbocycles. The van der Waals surface area contributed by atoms with E-state index in [0.29, 0.717) is 16.1 Å². The molecule has 0 saturated heterocycles. The molecular formula is C17H14ClN3O2S. The van der Waals surface area contributed by atoms with Crippen LogP contribution in [0.15, 0.2) is 47.5 Å². The minimum absolute atomic E-state index is 0.172. The molecule has 0 aliphatic heterocycles. The van der Waals surface area contributed by atoms with Crippen molar-refractivity contribution in [2.75, 3.05) is 4.72 Å². The van der Waals surface area contributed by atoms with Crippen LogP contribution in [0, 0.1) is 0 Å². The first-order chi connectivity index (χ1) is 11.5. The van der Waals surface area contributed by atoms with E-state index in [2.05, 4.69) is 14.7 Å². The Morgan fingerprint density at radius 2 is 1.92 bits per heavy atom. The van der Waals surface area contributed by atoms with Crippen LogP contribution in [0.3, 0.4) is 0 Å². The van der Waals surface area contributed by atoms with Crippen molar-refractivity contribution in [3.8, 4) is 0 Å². The van der Waals surface area contributed by atoms with Crippen molar-refractivity contribution in [3.63, 3.8) is 0 Å². The average Bonchev–Trinajstić information content (AvgIpc) is 3.02. The lowest BCUT2D eigenvalue weighted by atomic mass is 10.1. The van der Waals surface area contributed by atoms with Crippen LogP contribution in [0.2, 0.25) is 5.02 Å². The molecule has 1 heterocycles. The van der Waals surface area contributed by atoms with E-state index >= 15 is 0 Å². The van der Waals surface area contributed by atoms with Crippen molar-refractivity contribution in [1.82, 2.24) is 9.97 Å². The summed E-state index contributed by atoms with van der Waals surface area (Å²) >= 11 is 6.05. The van der Waals surface area contributed by atoms with Crippen molar-refractivity contribution >= 4 is 38.5 Å². The number of fused-ring (bicyclic) bond motifs is 2. The average molecular weight is 360 g/mol. The molecule has 0 atom stereocenters. The molecule has 122 valence electrons. The predicted molar refractivity (Wildman–Crippen MR) is 93.8 cm³/mol. The zero-order valence-electron chi connectivity index (χ0n) is 12.7. The number of rotatable bonds is 3. The highest BCUT2D eigenvalue weighted by Gasteiger charge is 2.19. The van der Waals surface area contributed by atoms with Crippen LogP contribution < -0.4 is 4.72 Å². The molecule has 1 N–H and O–H groups in total. The predicted octanol–water partition coefficient (Wildman–Crippen LogP) is 3.57. The van der Waals surface area contributed by atoms with Crippen LogP contribution in [0.5, 0.6) is 0 Å². The maximum atomic E-state index is 12.6. The number of hydrogen-bond donors (Lipinski definition) is 1. The minimum atomic E-state index is -3.70. The van der Waals surface area contributed by atoms with Crippen molar-refractivity contribution in [3.05, 3.63) is 58.7 Å². The summed E-state index contributed by atoms with van der Waals surface area (Å²) in [7, 11) is -3.70. The standard InChI is InChI=1S/C17H14ClN3O2S/c18-14-5-2-6-15-17(14)19-10-16(20-15)21-24(22,23)13-8-7-11-3-1-4-12(11)9-13/h2,5-10H,1,3-4H2,(H,20,21). The topological polar surface area (TPSA) is 72.0 Å². The fourth-order valence-electron chi connectivity index (χ4n) is 2.97. The number of anilines is 1. The third-order valence-electron chi connectivity index (χ3n) is 4.14. The quantitative estimate of drug-likeness (QED) is 0.775. The Hall–Kier alpha value is -2.18. The lowest BCUT2D eigenvalue weighted by molar-refractivity contribution is 0.601. The van der Waals surface area contributed by atoms with Gasteiger partial charge >= 0.3 is 0 Å². The van der Waals surface area contributed by atoms with Crippen LogP contribution >= 0.6 is 11.6 Å². The molecule has 1 aliphatic rings. The van der Waals surface area contributed by atoms with Gasteiger partial charge in [-0.3, -0.25) is 4.72 Å². The summed E-state index contributed by atoms with van der Waals surface area (Å²) in [4.78, 5) is 8.72. The molecule has 5 nitrogen and oxygen atoms in total. The smallest absolute Gasteiger partial charge is 0.262 e. The second-order valence-electron chi connectivity index (χ2n) is 5.75. The van der Waals surface area contributed by atoms with Crippen LogP contribution in [-0.2, 0) is 22.9 Å². The first-order valence-corrected chi connectivity index (χ1v) is 9.45. The molecule has 0 bridgehead atoms. The zero-order valence-corrected chi connectivity index (χ0v) is 14.2. The van der Waals surface area contributed by atoms with Gasteiger partial charge < -0.3 is 0 Å². The Kier molecular flexibility index (Phi) is 3.66. The summed E-state index contributed by atoms with van der Waals surface area (Å²) in [6, 6.07) is 10.5. The summed E-state index contributed by atoms with van der Waals surface area (Å²) in [5.41, 5.74) is 3.42. The highest BCUT2D eigenvalue weighted by Crippen LogP contribution is 2.26. The van der Waals surface area contributed by atoms with E-state index in [4.69, 9.17) is 11.6 Å². The monoisotopic (exact) mass is 359 g/mol. The van der Waals surface area contributed by atoms with Gasteiger partial charge in [0.25, 0.3) is 10.0 Å². The van der Waals surface area contributed by atoms with Gasteiger partial charge in [0.2, 0.25) is 0 Å². The highest BCUT2D eigenvalue weighted by atomic mass is 35.5. The largest absolute Gasteiger partial charge is 0.263 e. The number of aromatic nitrogens is 2. The molecule has 24 heavy (non-hydrogen) atoms. The lowest BCUT2D eigenvalue weighted by Crippen LogP contribution is -2.14. The van der Waals surface area contributed by atoms with Gasteiger partial charge in [-0.25, -0.2) is 18.4 Å². The molecule has 0 saturated carbocycles. The van der Waals surface area contributed by atoms with Gasteiger partial charge in [-0.05, 0) is 54.7 Å². The van der Waals surface area contributed by atoms with Crippen LogP contribution in [0.1, 0.15) is 17.5 Å². The second kappa shape index (κ2) is 5.72. The second-order valence-corrected chi connectivity index (χ2v) is 7.84. The summed E-state index contributed by atoms with van der Waals surface area (Å²) in [5.74, 6) is 0.172. The van der Waals surface area contributed by atoms with Crippen molar-refractivity contribution < 1.29 is 8.42 Å². The number of sulfonamides is 1. The summed E-state index contributed by atoms with van der Waals surface area (Å²) < 4.78 is 27.7. The Balaban J connectivity index is 1.69. The molecule has 0 amide bonds. The molecule has 0 unspecified atom stereocenters. The fraction of sp³-hybridized carbons (Fsp3) is 0.176. The van der Waals surface area contributed by atoms with Gasteiger partial charge in [0, 0.05) is 0 Å². The normalized spacial score (nSPS) is 13.9. The first kappa shape index (κ1) is 15.4. The Bertz CT molecular complexity index is 1050. The van der Waals surface area contributed by atoms with Gasteiger partial charge in [0.15, 0.2) is 5.82 Å². The van der Waals surface area contributed by atoms with E-state index < -0.39 is 10.0 Å². The van der Waals surface area contributed by atoms with Gasteiger partial charge in [-0.2, -0.15) is 0 Å². The van der Waals surface area contributed by atoms with E-state index in [1.165, 1.54) is 11.8 Å². The number of nitrogens with one attached hydrogen (secondary N) is 1. The van der Waals surface area contributed by atoms with Gasteiger partial charge in [-0.1, -0.05) is 23.7 Å².